The Morgan fingerprint density at radius 1 is 0.700 bits per heavy atom. The van der Waals surface area contributed by atoms with E-state index in [4.69, 9.17) is 3.76 Å². The minimum atomic E-state index is -2.93. The predicted octanol–water partition coefficient (Wildman–Crippen LogP) is 8.62. The van der Waals surface area contributed by atoms with Crippen LogP contribution in [0.4, 0.5) is 0 Å². The van der Waals surface area contributed by atoms with E-state index in [2.05, 4.69) is 117 Å². The van der Waals surface area contributed by atoms with E-state index in [1.165, 1.54) is 5.76 Å². The summed E-state index contributed by atoms with van der Waals surface area (Å²) < 4.78 is 10.2. The van der Waals surface area contributed by atoms with Gasteiger partial charge in [-0.25, -0.2) is 0 Å². The molecule has 2 aliphatic rings. The molecular formula is C24H50GeOSi4. The SMILES string of the molecule is CC(C)C1=C2C=CC=C[CH]2[Ge]([CH]([Si](C)(C)C)[Si](C)(C)C)([CH]([Si](C)(C)C)[Si](C)(C)C)[O]1. The van der Waals surface area contributed by atoms with Crippen LogP contribution in [0.5, 0.6) is 0 Å². The van der Waals surface area contributed by atoms with Crippen molar-refractivity contribution in [2.45, 2.75) is 105 Å². The van der Waals surface area contributed by atoms with Crippen LogP contribution in [-0.4, -0.2) is 45.9 Å². The molecule has 0 spiro atoms. The number of hydrogen-bond donors (Lipinski definition) is 0. The zero-order chi connectivity index (χ0) is 23.5. The van der Waals surface area contributed by atoms with Crippen LogP contribution in [0.25, 0.3) is 0 Å². The maximum atomic E-state index is 7.79. The monoisotopic (exact) mass is 540 g/mol. The van der Waals surface area contributed by atoms with Crippen LogP contribution < -0.4 is 0 Å². The molecule has 0 aromatic carbocycles. The summed E-state index contributed by atoms with van der Waals surface area (Å²) in [5.41, 5.74) is 1.58. The maximum absolute atomic E-state index is 7.79. The summed E-state index contributed by atoms with van der Waals surface area (Å²) in [4.78, 5) is 0. The van der Waals surface area contributed by atoms with E-state index in [0.29, 0.717) is 10.7 Å². The van der Waals surface area contributed by atoms with E-state index < -0.39 is 45.9 Å². The van der Waals surface area contributed by atoms with Crippen molar-refractivity contribution in [3.8, 4) is 0 Å². The second kappa shape index (κ2) is 8.33. The van der Waals surface area contributed by atoms with Crippen LogP contribution in [0.2, 0.25) is 91.3 Å². The molecule has 0 saturated heterocycles. The van der Waals surface area contributed by atoms with E-state index in [9.17, 15) is 0 Å². The van der Waals surface area contributed by atoms with Crippen LogP contribution >= 0.6 is 0 Å². The standard InChI is InChI=1S/C24H50GeOSi4/c1-19(2)22-20-17-15-16-18-21(20)25(26-22,23(27(3,4)5)28(6,7)8)24(29(9,10)11)30(12,13)14/h15-19,21,23-24H,1-14H3. The summed E-state index contributed by atoms with van der Waals surface area (Å²) in [5, 5.41) is 0. The molecule has 0 bridgehead atoms. The third-order valence-electron chi connectivity index (χ3n) is 6.97. The van der Waals surface area contributed by atoms with Crippen LogP contribution in [0, 0.1) is 5.92 Å². The Morgan fingerprint density at radius 2 is 1.10 bits per heavy atom. The van der Waals surface area contributed by atoms with Gasteiger partial charge in [-0.3, -0.25) is 0 Å². The Labute approximate surface area is 195 Å². The first-order valence-corrected chi connectivity index (χ1v) is 30.8. The molecule has 172 valence electrons. The van der Waals surface area contributed by atoms with Crippen molar-refractivity contribution < 1.29 is 3.76 Å². The molecule has 1 nitrogen and oxygen atoms in total. The van der Waals surface area contributed by atoms with Crippen LogP contribution in [-0.2, 0) is 3.76 Å². The molecule has 0 amide bonds. The molecule has 0 aromatic heterocycles. The first kappa shape index (κ1) is 26.7. The van der Waals surface area contributed by atoms with Gasteiger partial charge in [0.05, 0.1) is 0 Å². The van der Waals surface area contributed by atoms with Crippen molar-refractivity contribution in [1.82, 2.24) is 0 Å². The van der Waals surface area contributed by atoms with Gasteiger partial charge in [-0.1, -0.05) is 0 Å². The molecule has 6 heteroatoms. The first-order valence-electron chi connectivity index (χ1n) is 12.0. The van der Waals surface area contributed by atoms with Crippen molar-refractivity contribution in [2.75, 3.05) is 0 Å². The zero-order valence-electron chi connectivity index (χ0n) is 22.5. The third-order valence-corrected chi connectivity index (χ3v) is 63.6. The molecule has 0 saturated carbocycles. The number of fused-ring (bicyclic) bond motifs is 1. The average molecular weight is 540 g/mol. The van der Waals surface area contributed by atoms with E-state index >= 15 is 0 Å². The van der Waals surface area contributed by atoms with E-state index in [1.807, 2.05) is 0 Å². The Kier molecular flexibility index (Phi) is 7.41. The van der Waals surface area contributed by atoms with Crippen molar-refractivity contribution in [3.63, 3.8) is 0 Å². The van der Waals surface area contributed by atoms with Gasteiger partial charge >= 0.3 is 196 Å². The van der Waals surface area contributed by atoms with Crippen molar-refractivity contribution >= 4 is 45.9 Å². The molecule has 0 fully saturated rings. The fourth-order valence-electron chi connectivity index (χ4n) is 7.88. The predicted molar refractivity (Wildman–Crippen MR) is 152 cm³/mol. The molecule has 0 aromatic rings. The first-order chi connectivity index (χ1) is 13.3. The van der Waals surface area contributed by atoms with Gasteiger partial charge < -0.3 is 0 Å². The summed E-state index contributed by atoms with van der Waals surface area (Å²) in [7, 11) is -5.76. The van der Waals surface area contributed by atoms with E-state index in [0.717, 1.165) is 7.99 Å². The van der Waals surface area contributed by atoms with Crippen LogP contribution in [0.1, 0.15) is 13.8 Å². The summed E-state index contributed by atoms with van der Waals surface area (Å²) in [5.74, 6) is 1.86. The van der Waals surface area contributed by atoms with Gasteiger partial charge in [0.2, 0.25) is 0 Å². The normalized spacial score (nSPS) is 22.4. The van der Waals surface area contributed by atoms with Gasteiger partial charge in [0.15, 0.2) is 0 Å². The molecule has 0 N–H and O–H groups in total. The molecule has 1 heterocycles. The molecule has 1 unspecified atom stereocenters. The summed E-state index contributed by atoms with van der Waals surface area (Å²) in [6, 6.07) is 0. The average Bonchev–Trinajstić information content (AvgIpc) is 2.77. The van der Waals surface area contributed by atoms with Crippen molar-refractivity contribution in [1.29, 1.82) is 0 Å². The minimum absolute atomic E-state index is 0.485. The molecule has 1 atom stereocenters. The molecular weight excluding hydrogens is 489 g/mol. The summed E-state index contributed by atoms with van der Waals surface area (Å²) >= 11 is -2.93. The van der Waals surface area contributed by atoms with Crippen LogP contribution in [0.15, 0.2) is 35.6 Å². The Morgan fingerprint density at radius 3 is 1.43 bits per heavy atom. The van der Waals surface area contributed by atoms with Crippen molar-refractivity contribution in [3.05, 3.63) is 35.6 Å². The summed E-state index contributed by atoms with van der Waals surface area (Å²) in [6.45, 7) is 36.8. The fourth-order valence-corrected chi connectivity index (χ4v) is 86.9. The Bertz CT molecular complexity index is 679. The van der Waals surface area contributed by atoms with E-state index in [1.54, 1.807) is 5.57 Å². The number of rotatable bonds is 7. The van der Waals surface area contributed by atoms with Gasteiger partial charge in [0.1, 0.15) is 0 Å². The number of allylic oxidation sites excluding steroid dienone is 6. The fraction of sp³-hybridized carbons (Fsp3) is 0.750. The van der Waals surface area contributed by atoms with Gasteiger partial charge in [-0.15, -0.1) is 0 Å². The van der Waals surface area contributed by atoms with Gasteiger partial charge in [-0.05, 0) is 0 Å². The van der Waals surface area contributed by atoms with E-state index in [-0.39, 0.29) is 0 Å². The third kappa shape index (κ3) is 4.85. The molecule has 30 heavy (non-hydrogen) atoms. The van der Waals surface area contributed by atoms with Gasteiger partial charge in [-0.2, -0.15) is 0 Å². The zero-order valence-corrected chi connectivity index (χ0v) is 28.6. The van der Waals surface area contributed by atoms with Crippen molar-refractivity contribution in [2.24, 2.45) is 5.92 Å². The Balaban J connectivity index is 2.98. The molecule has 2 rings (SSSR count). The number of hydrogen-bond acceptors (Lipinski definition) is 1. The summed E-state index contributed by atoms with van der Waals surface area (Å²) in [6.07, 6.45) is 9.68. The van der Waals surface area contributed by atoms with Gasteiger partial charge in [0.25, 0.3) is 0 Å². The second-order valence-corrected chi connectivity index (χ2v) is 49.5. The van der Waals surface area contributed by atoms with Gasteiger partial charge in [0, 0.05) is 0 Å². The molecule has 1 aliphatic heterocycles. The topological polar surface area (TPSA) is 9.23 Å². The molecule has 1 aliphatic carbocycles. The quantitative estimate of drug-likeness (QED) is 0.294. The second-order valence-electron chi connectivity index (χ2n) is 14.5. The molecule has 0 radical (unpaired) electrons. The Hall–Kier alpha value is 0.430. The van der Waals surface area contributed by atoms with Crippen LogP contribution in [0.3, 0.4) is 0 Å².